The highest BCUT2D eigenvalue weighted by Gasteiger charge is 2.44. The third-order valence-electron chi connectivity index (χ3n) is 6.04. The Morgan fingerprint density at radius 3 is 2.50 bits per heavy atom. The molecular formula is C25H22F3N3O3. The quantitative estimate of drug-likeness (QED) is 0.602. The maximum Gasteiger partial charge on any atom is 0.416 e. The van der Waals surface area contributed by atoms with Crippen molar-refractivity contribution in [1.29, 1.82) is 5.26 Å². The van der Waals surface area contributed by atoms with Crippen LogP contribution in [-0.2, 0) is 15.7 Å². The largest absolute Gasteiger partial charge is 0.416 e. The van der Waals surface area contributed by atoms with Gasteiger partial charge in [0, 0.05) is 31.3 Å². The van der Waals surface area contributed by atoms with Crippen LogP contribution in [0.15, 0.2) is 59.8 Å². The van der Waals surface area contributed by atoms with Crippen LogP contribution < -0.4 is 4.90 Å². The molecular weight excluding hydrogens is 447 g/mol. The summed E-state index contributed by atoms with van der Waals surface area (Å²) < 4.78 is 45.4. The number of hydrogen-bond donors (Lipinski definition) is 0. The standard InChI is InChI=1S/C25H22F3N3O3/c1-34-13-12-30-23(17-10-8-16(15-29)9-11-17)22-20(6-3-7-21(22)32)31(24(30)33)19-5-2-4-18(14-19)25(26,27)28/h2,4-5,8-11,14,23H,3,6-7,12-13H2,1H3. The average molecular weight is 469 g/mol. The number of ketones is 1. The predicted octanol–water partition coefficient (Wildman–Crippen LogP) is 5.21. The summed E-state index contributed by atoms with van der Waals surface area (Å²) in [6.07, 6.45) is -3.41. The lowest BCUT2D eigenvalue weighted by atomic mass is 9.83. The van der Waals surface area contributed by atoms with Crippen molar-refractivity contribution >= 4 is 17.5 Å². The van der Waals surface area contributed by atoms with E-state index in [-0.39, 0.29) is 31.0 Å². The van der Waals surface area contributed by atoms with E-state index >= 15 is 0 Å². The second kappa shape index (κ2) is 9.31. The highest BCUT2D eigenvalue weighted by Crippen LogP contribution is 2.44. The van der Waals surface area contributed by atoms with Gasteiger partial charge >= 0.3 is 12.2 Å². The first-order valence-electron chi connectivity index (χ1n) is 10.8. The maximum atomic E-state index is 13.8. The van der Waals surface area contributed by atoms with E-state index in [1.807, 2.05) is 6.07 Å². The number of carbonyl (C=O) groups is 2. The number of alkyl halides is 3. The lowest BCUT2D eigenvalue weighted by molar-refractivity contribution is -0.137. The Hall–Kier alpha value is -3.64. The van der Waals surface area contributed by atoms with Crippen molar-refractivity contribution in [3.63, 3.8) is 0 Å². The number of allylic oxidation sites excluding steroid dienone is 1. The number of urea groups is 1. The van der Waals surface area contributed by atoms with Gasteiger partial charge in [-0.3, -0.25) is 9.69 Å². The lowest BCUT2D eigenvalue weighted by Crippen LogP contribution is -2.53. The molecule has 0 fully saturated rings. The summed E-state index contributed by atoms with van der Waals surface area (Å²) in [5.74, 6) is -0.150. The number of nitrogens with zero attached hydrogens (tertiary/aromatic N) is 3. The Morgan fingerprint density at radius 2 is 1.85 bits per heavy atom. The number of benzene rings is 2. The van der Waals surface area contributed by atoms with E-state index < -0.39 is 23.8 Å². The molecule has 1 unspecified atom stereocenters. The van der Waals surface area contributed by atoms with Crippen molar-refractivity contribution in [1.82, 2.24) is 4.90 Å². The fourth-order valence-corrected chi connectivity index (χ4v) is 4.49. The molecule has 1 heterocycles. The van der Waals surface area contributed by atoms with Crippen molar-refractivity contribution in [2.45, 2.75) is 31.5 Å². The fourth-order valence-electron chi connectivity index (χ4n) is 4.49. The molecule has 0 saturated heterocycles. The molecule has 0 N–H and O–H groups in total. The zero-order valence-corrected chi connectivity index (χ0v) is 18.4. The molecule has 1 aliphatic heterocycles. The predicted molar refractivity (Wildman–Crippen MR) is 118 cm³/mol. The van der Waals surface area contributed by atoms with Gasteiger partial charge in [-0.1, -0.05) is 18.2 Å². The number of ether oxygens (including phenoxy) is 1. The number of hydrogen-bond acceptors (Lipinski definition) is 4. The number of anilines is 1. The molecule has 0 saturated carbocycles. The van der Waals surface area contributed by atoms with Crippen molar-refractivity contribution in [2.24, 2.45) is 0 Å². The summed E-state index contributed by atoms with van der Waals surface area (Å²) in [6.45, 7) is 0.297. The molecule has 34 heavy (non-hydrogen) atoms. The third kappa shape index (κ3) is 4.29. The van der Waals surface area contributed by atoms with Crippen LogP contribution >= 0.6 is 0 Å². The highest BCUT2D eigenvalue weighted by molar-refractivity contribution is 6.06. The van der Waals surface area contributed by atoms with Crippen LogP contribution in [0.1, 0.15) is 42.0 Å². The lowest BCUT2D eigenvalue weighted by Gasteiger charge is -2.45. The van der Waals surface area contributed by atoms with Crippen molar-refractivity contribution in [2.75, 3.05) is 25.2 Å². The molecule has 2 aromatic rings. The van der Waals surface area contributed by atoms with E-state index in [1.54, 1.807) is 24.3 Å². The second-order valence-corrected chi connectivity index (χ2v) is 8.13. The van der Waals surface area contributed by atoms with Crippen LogP contribution in [0, 0.1) is 11.3 Å². The molecule has 0 aromatic heterocycles. The molecule has 1 aliphatic carbocycles. The zero-order chi connectivity index (χ0) is 24.5. The minimum Gasteiger partial charge on any atom is -0.383 e. The SMILES string of the molecule is COCCN1C(=O)N(c2cccc(C(F)(F)F)c2)C2=C(C(=O)CCC2)C1c1ccc(C#N)cc1. The molecule has 0 spiro atoms. The molecule has 0 radical (unpaired) electrons. The molecule has 9 heteroatoms. The van der Waals surface area contributed by atoms with Gasteiger partial charge in [0.05, 0.1) is 35.5 Å². The smallest absolute Gasteiger partial charge is 0.383 e. The number of carbonyl (C=O) groups excluding carboxylic acids is 2. The van der Waals surface area contributed by atoms with Gasteiger partial charge in [0.25, 0.3) is 0 Å². The Balaban J connectivity index is 1.91. The Kier molecular flexibility index (Phi) is 6.44. The third-order valence-corrected chi connectivity index (χ3v) is 6.04. The summed E-state index contributed by atoms with van der Waals surface area (Å²) in [5.41, 5.74) is 1.08. The highest BCUT2D eigenvalue weighted by atomic mass is 19.4. The van der Waals surface area contributed by atoms with Gasteiger partial charge in [-0.2, -0.15) is 18.4 Å². The van der Waals surface area contributed by atoms with Gasteiger partial charge in [0.15, 0.2) is 5.78 Å². The maximum absolute atomic E-state index is 13.8. The molecule has 1 atom stereocenters. The number of nitriles is 1. The molecule has 2 amide bonds. The van der Waals surface area contributed by atoms with E-state index in [0.717, 1.165) is 12.1 Å². The van der Waals surface area contributed by atoms with Crippen LogP contribution in [0.3, 0.4) is 0 Å². The monoisotopic (exact) mass is 469 g/mol. The molecule has 0 bridgehead atoms. The first-order chi connectivity index (χ1) is 16.3. The number of halogens is 3. The normalized spacial score (nSPS) is 18.7. The summed E-state index contributed by atoms with van der Waals surface area (Å²) in [4.78, 5) is 29.6. The van der Waals surface area contributed by atoms with Gasteiger partial charge < -0.3 is 9.64 Å². The van der Waals surface area contributed by atoms with Crippen LogP contribution in [-0.4, -0.2) is 37.0 Å². The first-order valence-corrected chi connectivity index (χ1v) is 10.8. The summed E-state index contributed by atoms with van der Waals surface area (Å²) in [6, 6.07) is 12.0. The van der Waals surface area contributed by atoms with Gasteiger partial charge in [-0.05, 0) is 48.7 Å². The van der Waals surface area contributed by atoms with E-state index in [1.165, 1.54) is 29.0 Å². The Labute approximate surface area is 194 Å². The summed E-state index contributed by atoms with van der Waals surface area (Å²) in [7, 11) is 1.48. The van der Waals surface area contributed by atoms with E-state index in [0.29, 0.717) is 35.2 Å². The van der Waals surface area contributed by atoms with Crippen LogP contribution in [0.2, 0.25) is 0 Å². The Bertz CT molecular complexity index is 1180. The fraction of sp³-hybridized carbons (Fsp3) is 0.320. The Morgan fingerprint density at radius 1 is 1.12 bits per heavy atom. The zero-order valence-electron chi connectivity index (χ0n) is 18.4. The molecule has 2 aromatic carbocycles. The molecule has 176 valence electrons. The summed E-state index contributed by atoms with van der Waals surface area (Å²) in [5, 5.41) is 9.14. The van der Waals surface area contributed by atoms with Crippen molar-refractivity contribution in [3.05, 3.63) is 76.5 Å². The van der Waals surface area contributed by atoms with Gasteiger partial charge in [0.1, 0.15) is 0 Å². The number of Topliss-reactive ketones (excluding diaryl/α,β-unsaturated/α-hetero) is 1. The number of methoxy groups -OCH3 is 1. The summed E-state index contributed by atoms with van der Waals surface area (Å²) >= 11 is 0. The number of rotatable bonds is 5. The first kappa shape index (κ1) is 23.5. The van der Waals surface area contributed by atoms with E-state index in [4.69, 9.17) is 10.00 Å². The second-order valence-electron chi connectivity index (χ2n) is 8.13. The van der Waals surface area contributed by atoms with Crippen molar-refractivity contribution in [3.8, 4) is 6.07 Å². The van der Waals surface area contributed by atoms with E-state index in [2.05, 4.69) is 0 Å². The van der Waals surface area contributed by atoms with Crippen LogP contribution in [0.25, 0.3) is 0 Å². The average Bonchev–Trinajstić information content (AvgIpc) is 2.82. The minimum absolute atomic E-state index is 0.0581. The van der Waals surface area contributed by atoms with Gasteiger partial charge in [-0.25, -0.2) is 4.79 Å². The number of amides is 2. The van der Waals surface area contributed by atoms with Crippen LogP contribution in [0.4, 0.5) is 23.7 Å². The van der Waals surface area contributed by atoms with Crippen molar-refractivity contribution < 1.29 is 27.5 Å². The van der Waals surface area contributed by atoms with Crippen LogP contribution in [0.5, 0.6) is 0 Å². The molecule has 2 aliphatic rings. The molecule has 4 rings (SSSR count). The molecule has 6 nitrogen and oxygen atoms in total. The topological polar surface area (TPSA) is 73.6 Å². The minimum atomic E-state index is -4.57. The van der Waals surface area contributed by atoms with Gasteiger partial charge in [0.2, 0.25) is 0 Å². The van der Waals surface area contributed by atoms with E-state index in [9.17, 15) is 22.8 Å². The van der Waals surface area contributed by atoms with Gasteiger partial charge in [-0.15, -0.1) is 0 Å².